The Morgan fingerprint density at radius 1 is 1.29 bits per heavy atom. The first-order valence-electron chi connectivity index (χ1n) is 7.36. The van der Waals surface area contributed by atoms with E-state index in [9.17, 15) is 0 Å². The molecule has 0 aromatic heterocycles. The SMILES string of the molecule is N=C(N)c1ccc(N2CCC(N3CCOCC3)C2)c(Cl)c1. The van der Waals surface area contributed by atoms with E-state index < -0.39 is 0 Å². The summed E-state index contributed by atoms with van der Waals surface area (Å²) in [5.74, 6) is 0.0519. The fourth-order valence-electron chi connectivity index (χ4n) is 3.13. The lowest BCUT2D eigenvalue weighted by molar-refractivity contribution is 0.0209. The highest BCUT2D eigenvalue weighted by Crippen LogP contribution is 2.30. The summed E-state index contributed by atoms with van der Waals surface area (Å²) in [6, 6.07) is 6.20. The van der Waals surface area contributed by atoms with Crippen LogP contribution in [0.4, 0.5) is 5.69 Å². The second-order valence-corrected chi connectivity index (χ2v) is 6.02. The van der Waals surface area contributed by atoms with Gasteiger partial charge >= 0.3 is 0 Å². The molecule has 0 saturated carbocycles. The van der Waals surface area contributed by atoms with Crippen molar-refractivity contribution in [3.8, 4) is 0 Å². The van der Waals surface area contributed by atoms with Crippen molar-refractivity contribution in [1.82, 2.24) is 4.90 Å². The Kier molecular flexibility index (Phi) is 4.33. The molecule has 1 aromatic carbocycles. The van der Waals surface area contributed by atoms with Gasteiger partial charge in [0.1, 0.15) is 5.84 Å². The number of nitrogens with zero attached hydrogens (tertiary/aromatic N) is 2. The number of hydrogen-bond donors (Lipinski definition) is 2. The number of benzene rings is 1. The molecule has 1 atom stereocenters. The summed E-state index contributed by atoms with van der Waals surface area (Å²) in [5.41, 5.74) is 7.21. The summed E-state index contributed by atoms with van der Waals surface area (Å²) in [6.07, 6.45) is 1.16. The first-order chi connectivity index (χ1) is 10.1. The molecular weight excluding hydrogens is 288 g/mol. The number of morpholine rings is 1. The van der Waals surface area contributed by atoms with Crippen molar-refractivity contribution >= 4 is 23.1 Å². The van der Waals surface area contributed by atoms with E-state index in [0.29, 0.717) is 16.6 Å². The molecule has 1 aromatic rings. The van der Waals surface area contributed by atoms with Crippen LogP contribution in [0.15, 0.2) is 18.2 Å². The minimum Gasteiger partial charge on any atom is -0.384 e. The molecule has 3 rings (SSSR count). The molecule has 2 aliphatic rings. The maximum Gasteiger partial charge on any atom is 0.122 e. The van der Waals surface area contributed by atoms with E-state index in [1.807, 2.05) is 12.1 Å². The predicted octanol–water partition coefficient (Wildman–Crippen LogP) is 1.53. The molecule has 0 spiro atoms. The monoisotopic (exact) mass is 308 g/mol. The van der Waals surface area contributed by atoms with Crippen molar-refractivity contribution in [2.75, 3.05) is 44.3 Å². The Morgan fingerprint density at radius 2 is 2.05 bits per heavy atom. The first-order valence-corrected chi connectivity index (χ1v) is 7.73. The van der Waals surface area contributed by atoms with Gasteiger partial charge in [-0.2, -0.15) is 0 Å². The van der Waals surface area contributed by atoms with Crippen LogP contribution >= 0.6 is 11.6 Å². The molecule has 2 fully saturated rings. The van der Waals surface area contributed by atoms with E-state index in [0.717, 1.165) is 51.5 Å². The van der Waals surface area contributed by atoms with Crippen molar-refractivity contribution in [3.63, 3.8) is 0 Å². The van der Waals surface area contributed by atoms with Crippen LogP contribution in [0.5, 0.6) is 0 Å². The smallest absolute Gasteiger partial charge is 0.122 e. The highest BCUT2D eigenvalue weighted by molar-refractivity contribution is 6.33. The standard InChI is InChI=1S/C15H21ClN4O/c16-13-9-11(15(17)18)1-2-14(13)20-4-3-12(10-20)19-5-7-21-8-6-19/h1-2,9,12H,3-8,10H2,(H3,17,18). The van der Waals surface area contributed by atoms with Gasteiger partial charge in [-0.25, -0.2) is 0 Å². The molecule has 0 aliphatic carbocycles. The number of rotatable bonds is 3. The number of anilines is 1. The lowest BCUT2D eigenvalue weighted by Crippen LogP contribution is -2.44. The summed E-state index contributed by atoms with van der Waals surface area (Å²) in [7, 11) is 0. The van der Waals surface area contributed by atoms with Crippen molar-refractivity contribution < 1.29 is 4.74 Å². The van der Waals surface area contributed by atoms with Gasteiger partial charge in [0, 0.05) is 37.8 Å². The summed E-state index contributed by atoms with van der Waals surface area (Å²) in [5, 5.41) is 8.14. The molecule has 6 heteroatoms. The van der Waals surface area contributed by atoms with Crippen molar-refractivity contribution in [2.24, 2.45) is 5.73 Å². The Balaban J connectivity index is 1.69. The van der Waals surface area contributed by atoms with Crippen LogP contribution in [0, 0.1) is 5.41 Å². The lowest BCUT2D eigenvalue weighted by Gasteiger charge is -2.32. The molecule has 2 saturated heterocycles. The van der Waals surface area contributed by atoms with Gasteiger partial charge in [-0.15, -0.1) is 0 Å². The maximum absolute atomic E-state index is 7.46. The second-order valence-electron chi connectivity index (χ2n) is 5.62. The van der Waals surface area contributed by atoms with E-state index in [1.54, 1.807) is 6.07 Å². The number of ether oxygens (including phenoxy) is 1. The maximum atomic E-state index is 7.46. The first kappa shape index (κ1) is 14.6. The van der Waals surface area contributed by atoms with E-state index in [2.05, 4.69) is 9.80 Å². The average Bonchev–Trinajstić information content (AvgIpc) is 2.97. The highest BCUT2D eigenvalue weighted by Gasteiger charge is 2.29. The summed E-state index contributed by atoms with van der Waals surface area (Å²) >= 11 is 6.36. The average molecular weight is 309 g/mol. The van der Waals surface area contributed by atoms with Gasteiger partial charge in [0.25, 0.3) is 0 Å². The van der Waals surface area contributed by atoms with Crippen molar-refractivity contribution in [3.05, 3.63) is 28.8 Å². The molecule has 0 radical (unpaired) electrons. The van der Waals surface area contributed by atoms with Gasteiger partial charge in [0.15, 0.2) is 0 Å². The zero-order chi connectivity index (χ0) is 14.8. The predicted molar refractivity (Wildman–Crippen MR) is 85.5 cm³/mol. The van der Waals surface area contributed by atoms with E-state index in [1.165, 1.54) is 0 Å². The fourth-order valence-corrected chi connectivity index (χ4v) is 3.43. The molecule has 1 unspecified atom stereocenters. The number of halogens is 1. The van der Waals surface area contributed by atoms with Crippen molar-refractivity contribution in [2.45, 2.75) is 12.5 Å². The van der Waals surface area contributed by atoms with Gasteiger partial charge in [-0.3, -0.25) is 10.3 Å². The molecule has 3 N–H and O–H groups in total. The van der Waals surface area contributed by atoms with E-state index >= 15 is 0 Å². The van der Waals surface area contributed by atoms with E-state index in [4.69, 9.17) is 27.5 Å². The summed E-state index contributed by atoms with van der Waals surface area (Å²) in [4.78, 5) is 4.84. The fraction of sp³-hybridized carbons (Fsp3) is 0.533. The van der Waals surface area contributed by atoms with Crippen LogP contribution in [0.25, 0.3) is 0 Å². The normalized spacial score (nSPS) is 23.5. The number of nitrogen functional groups attached to an aromatic ring is 1. The number of nitrogens with one attached hydrogen (secondary N) is 1. The third-order valence-electron chi connectivity index (χ3n) is 4.32. The van der Waals surface area contributed by atoms with Gasteiger partial charge in [-0.1, -0.05) is 11.6 Å². The number of nitrogens with two attached hydrogens (primary N) is 1. The Bertz CT molecular complexity index is 530. The second kappa shape index (κ2) is 6.22. The van der Waals surface area contributed by atoms with E-state index in [-0.39, 0.29) is 5.84 Å². The third kappa shape index (κ3) is 3.15. The number of hydrogen-bond acceptors (Lipinski definition) is 4. The quantitative estimate of drug-likeness (QED) is 0.656. The van der Waals surface area contributed by atoms with Crippen LogP contribution in [-0.4, -0.2) is 56.2 Å². The molecule has 2 aliphatic heterocycles. The topological polar surface area (TPSA) is 65.6 Å². The van der Waals surface area contributed by atoms with Crippen LogP contribution < -0.4 is 10.6 Å². The lowest BCUT2D eigenvalue weighted by atomic mass is 10.2. The minimum atomic E-state index is 0.0519. The number of amidine groups is 1. The third-order valence-corrected chi connectivity index (χ3v) is 4.63. The molecular formula is C15H21ClN4O. The van der Waals surface area contributed by atoms with Crippen LogP contribution in [0.2, 0.25) is 5.02 Å². The Morgan fingerprint density at radius 3 is 2.71 bits per heavy atom. The van der Waals surface area contributed by atoms with Gasteiger partial charge in [0.05, 0.1) is 23.9 Å². The van der Waals surface area contributed by atoms with Gasteiger partial charge in [0.2, 0.25) is 0 Å². The largest absolute Gasteiger partial charge is 0.384 e. The summed E-state index contributed by atoms with van der Waals surface area (Å²) in [6.45, 7) is 5.74. The molecule has 5 nitrogen and oxygen atoms in total. The minimum absolute atomic E-state index is 0.0519. The molecule has 2 heterocycles. The van der Waals surface area contributed by atoms with Gasteiger partial charge in [-0.05, 0) is 24.6 Å². The van der Waals surface area contributed by atoms with Crippen molar-refractivity contribution in [1.29, 1.82) is 5.41 Å². The van der Waals surface area contributed by atoms with Crippen LogP contribution in [-0.2, 0) is 4.74 Å². The molecule has 0 bridgehead atoms. The van der Waals surface area contributed by atoms with Crippen LogP contribution in [0.3, 0.4) is 0 Å². The highest BCUT2D eigenvalue weighted by atomic mass is 35.5. The van der Waals surface area contributed by atoms with Crippen LogP contribution in [0.1, 0.15) is 12.0 Å². The Hall–Kier alpha value is -1.30. The van der Waals surface area contributed by atoms with Gasteiger partial charge < -0.3 is 15.4 Å². The molecule has 114 valence electrons. The summed E-state index contributed by atoms with van der Waals surface area (Å²) < 4.78 is 5.42. The molecule has 21 heavy (non-hydrogen) atoms. The Labute approximate surface area is 130 Å². The zero-order valence-electron chi connectivity index (χ0n) is 12.0. The zero-order valence-corrected chi connectivity index (χ0v) is 12.8. The molecule has 0 amide bonds.